The van der Waals surface area contributed by atoms with Crippen molar-refractivity contribution >= 4 is 11.8 Å². The molecule has 6 nitrogen and oxygen atoms in total. The van der Waals surface area contributed by atoms with E-state index in [4.69, 9.17) is 17.3 Å². The van der Waals surface area contributed by atoms with Crippen LogP contribution in [-0.4, -0.2) is 42.7 Å². The first-order valence-corrected chi connectivity index (χ1v) is 3.96. The number of rotatable bonds is 6. The Morgan fingerprint density at radius 2 is 2.21 bits per heavy atom. The average Bonchev–Trinajstić information content (AvgIpc) is 2.14. The fraction of sp³-hybridized carbons (Fsp3) is 0.500. The van der Waals surface area contributed by atoms with Crippen molar-refractivity contribution in [2.24, 2.45) is 5.73 Å². The molecule has 1 atom stereocenters. The van der Waals surface area contributed by atoms with Gasteiger partial charge in [-0.15, -0.1) is 6.42 Å². The summed E-state index contributed by atoms with van der Waals surface area (Å²) in [6.07, 6.45) is 3.58. The van der Waals surface area contributed by atoms with E-state index in [1.165, 1.54) is 0 Å². The number of carbonyl (C=O) groups is 2. The second-order valence-corrected chi connectivity index (χ2v) is 2.53. The summed E-state index contributed by atoms with van der Waals surface area (Å²) < 4.78 is 0. The highest BCUT2D eigenvalue weighted by atomic mass is 16.3. The number of nitrogens with two attached hydrogens (primary N) is 1. The van der Waals surface area contributed by atoms with Crippen LogP contribution in [0.2, 0.25) is 0 Å². The average molecular weight is 199 g/mol. The van der Waals surface area contributed by atoms with Crippen molar-refractivity contribution < 1.29 is 14.7 Å². The molecule has 6 heteroatoms. The van der Waals surface area contributed by atoms with Gasteiger partial charge in [0.2, 0.25) is 11.8 Å². The highest BCUT2D eigenvalue weighted by Gasteiger charge is 2.11. The van der Waals surface area contributed by atoms with Gasteiger partial charge in [0.1, 0.15) is 6.10 Å². The fourth-order valence-electron chi connectivity index (χ4n) is 0.622. The molecule has 0 aliphatic heterocycles. The van der Waals surface area contributed by atoms with E-state index >= 15 is 0 Å². The molecule has 0 aromatic carbocycles. The molecular formula is C8H13N3O3. The monoisotopic (exact) mass is 199 g/mol. The van der Waals surface area contributed by atoms with Crippen LogP contribution >= 0.6 is 0 Å². The molecule has 1 unspecified atom stereocenters. The number of carbonyl (C=O) groups excluding carboxylic acids is 2. The van der Waals surface area contributed by atoms with E-state index in [2.05, 4.69) is 16.6 Å². The predicted molar refractivity (Wildman–Crippen MR) is 49.9 cm³/mol. The minimum Gasteiger partial charge on any atom is -0.381 e. The van der Waals surface area contributed by atoms with E-state index in [1.807, 2.05) is 0 Å². The maximum atomic E-state index is 10.9. The summed E-state index contributed by atoms with van der Waals surface area (Å²) >= 11 is 0. The number of nitrogens with one attached hydrogen (secondary N) is 2. The van der Waals surface area contributed by atoms with Gasteiger partial charge >= 0.3 is 0 Å². The number of primary amides is 1. The van der Waals surface area contributed by atoms with E-state index in [0.717, 1.165) is 0 Å². The zero-order chi connectivity index (χ0) is 11.0. The van der Waals surface area contributed by atoms with Crippen LogP contribution in [0, 0.1) is 12.3 Å². The molecule has 0 saturated heterocycles. The van der Waals surface area contributed by atoms with Crippen LogP contribution in [0.5, 0.6) is 0 Å². The van der Waals surface area contributed by atoms with Gasteiger partial charge in [0.15, 0.2) is 0 Å². The van der Waals surface area contributed by atoms with E-state index in [1.54, 1.807) is 0 Å². The van der Waals surface area contributed by atoms with Crippen molar-refractivity contribution in [1.29, 1.82) is 0 Å². The summed E-state index contributed by atoms with van der Waals surface area (Å²) in [6.45, 7) is 0.132. The Hall–Kier alpha value is -1.58. The standard InChI is InChI=1S/C8H13N3O3/c1-2-3-10-5-7(13)11-4-6(12)8(9)14/h1,6,10,12H,3-5H2,(H2,9,14)(H,11,13). The molecule has 5 N–H and O–H groups in total. The number of hydrogen-bond donors (Lipinski definition) is 4. The van der Waals surface area contributed by atoms with E-state index in [0.29, 0.717) is 0 Å². The summed E-state index contributed by atoms with van der Waals surface area (Å²) in [5.74, 6) is 1.06. The maximum Gasteiger partial charge on any atom is 0.248 e. The molecule has 78 valence electrons. The molecule has 0 heterocycles. The SMILES string of the molecule is C#CCNCC(=O)NCC(O)C(N)=O. The zero-order valence-corrected chi connectivity index (χ0v) is 7.62. The molecule has 2 amide bonds. The minimum atomic E-state index is -1.36. The summed E-state index contributed by atoms with van der Waals surface area (Å²) in [5, 5.41) is 13.8. The molecule has 0 aromatic heterocycles. The number of terminal acetylenes is 1. The molecule has 0 rings (SSSR count). The second kappa shape index (κ2) is 6.88. The molecule has 0 radical (unpaired) electrons. The summed E-state index contributed by atoms with van der Waals surface area (Å²) in [5.41, 5.74) is 4.76. The van der Waals surface area contributed by atoms with E-state index in [9.17, 15) is 9.59 Å². The first-order chi connectivity index (χ1) is 6.57. The van der Waals surface area contributed by atoms with Crippen molar-refractivity contribution in [1.82, 2.24) is 10.6 Å². The normalized spacial score (nSPS) is 11.4. The molecule has 0 fully saturated rings. The van der Waals surface area contributed by atoms with Crippen molar-refractivity contribution in [3.63, 3.8) is 0 Å². The summed E-state index contributed by atoms with van der Waals surface area (Å²) in [7, 11) is 0. The Morgan fingerprint density at radius 3 is 2.71 bits per heavy atom. The van der Waals surface area contributed by atoms with Crippen molar-refractivity contribution in [2.45, 2.75) is 6.10 Å². The Labute approximate surface area is 81.8 Å². The highest BCUT2D eigenvalue weighted by molar-refractivity contribution is 5.81. The molecular weight excluding hydrogens is 186 g/mol. The van der Waals surface area contributed by atoms with Gasteiger partial charge in [0.05, 0.1) is 19.6 Å². The molecule has 0 bridgehead atoms. The Kier molecular flexibility index (Phi) is 6.11. The Morgan fingerprint density at radius 1 is 1.57 bits per heavy atom. The lowest BCUT2D eigenvalue weighted by Gasteiger charge is -2.08. The van der Waals surface area contributed by atoms with Gasteiger partial charge in [0, 0.05) is 0 Å². The molecule has 0 spiro atoms. The predicted octanol–water partition coefficient (Wildman–Crippen LogP) is -2.83. The third-order valence-corrected chi connectivity index (χ3v) is 1.33. The van der Waals surface area contributed by atoms with Gasteiger partial charge in [-0.3, -0.25) is 14.9 Å². The molecule has 0 aromatic rings. The third-order valence-electron chi connectivity index (χ3n) is 1.33. The molecule has 14 heavy (non-hydrogen) atoms. The number of aliphatic hydroxyl groups is 1. The number of aliphatic hydroxyl groups excluding tert-OH is 1. The quantitative estimate of drug-likeness (QED) is 0.273. The fourth-order valence-corrected chi connectivity index (χ4v) is 0.622. The zero-order valence-electron chi connectivity index (χ0n) is 7.62. The second-order valence-electron chi connectivity index (χ2n) is 2.53. The van der Waals surface area contributed by atoms with E-state index < -0.39 is 12.0 Å². The molecule has 0 aliphatic rings. The van der Waals surface area contributed by atoms with Crippen LogP contribution in [0.3, 0.4) is 0 Å². The lowest BCUT2D eigenvalue weighted by atomic mass is 10.3. The van der Waals surface area contributed by atoms with Gasteiger partial charge in [-0.25, -0.2) is 0 Å². The summed E-state index contributed by atoms with van der Waals surface area (Å²) in [6, 6.07) is 0. The Balaban J connectivity index is 3.54. The minimum absolute atomic E-state index is 0.0374. The first kappa shape index (κ1) is 12.4. The van der Waals surface area contributed by atoms with Gasteiger partial charge in [-0.05, 0) is 0 Å². The summed E-state index contributed by atoms with van der Waals surface area (Å²) in [4.78, 5) is 21.3. The highest BCUT2D eigenvalue weighted by Crippen LogP contribution is 1.76. The van der Waals surface area contributed by atoms with Crippen LogP contribution in [-0.2, 0) is 9.59 Å². The third kappa shape index (κ3) is 5.99. The van der Waals surface area contributed by atoms with Crippen LogP contribution in [0.4, 0.5) is 0 Å². The first-order valence-electron chi connectivity index (χ1n) is 3.96. The molecule has 0 saturated carbocycles. The van der Waals surface area contributed by atoms with Gasteiger partial charge in [0.25, 0.3) is 0 Å². The van der Waals surface area contributed by atoms with Crippen molar-refractivity contribution in [3.05, 3.63) is 0 Å². The topological polar surface area (TPSA) is 104 Å². The molecule has 0 aliphatic carbocycles. The van der Waals surface area contributed by atoms with Crippen molar-refractivity contribution in [3.8, 4) is 12.3 Å². The lowest BCUT2D eigenvalue weighted by molar-refractivity contribution is -0.126. The van der Waals surface area contributed by atoms with Crippen LogP contribution < -0.4 is 16.4 Å². The maximum absolute atomic E-state index is 10.9. The van der Waals surface area contributed by atoms with Crippen molar-refractivity contribution in [2.75, 3.05) is 19.6 Å². The van der Waals surface area contributed by atoms with Crippen LogP contribution in [0.15, 0.2) is 0 Å². The number of amides is 2. The van der Waals surface area contributed by atoms with Crippen LogP contribution in [0.1, 0.15) is 0 Å². The van der Waals surface area contributed by atoms with Gasteiger partial charge in [-0.1, -0.05) is 5.92 Å². The van der Waals surface area contributed by atoms with E-state index in [-0.39, 0.29) is 25.5 Å². The Bertz CT molecular complexity index is 247. The lowest BCUT2D eigenvalue weighted by Crippen LogP contribution is -2.42. The van der Waals surface area contributed by atoms with Gasteiger partial charge in [-0.2, -0.15) is 0 Å². The van der Waals surface area contributed by atoms with Gasteiger partial charge < -0.3 is 16.2 Å². The van der Waals surface area contributed by atoms with Crippen LogP contribution in [0.25, 0.3) is 0 Å². The largest absolute Gasteiger partial charge is 0.381 e. The smallest absolute Gasteiger partial charge is 0.248 e. The number of hydrogen-bond acceptors (Lipinski definition) is 4.